The average molecular weight is 627 g/mol. The van der Waals surface area contributed by atoms with Gasteiger partial charge in [-0.1, -0.05) is 13.3 Å². The Morgan fingerprint density at radius 1 is 0.488 bits per heavy atom. The summed E-state index contributed by atoms with van der Waals surface area (Å²) in [6, 6.07) is 0. The van der Waals surface area contributed by atoms with E-state index in [9.17, 15) is 9.59 Å². The minimum absolute atomic E-state index is 0.146. The lowest BCUT2D eigenvalue weighted by atomic mass is 10.1. The number of carbonyl (C=O) groups excluding carboxylic acids is 2. The van der Waals surface area contributed by atoms with Crippen molar-refractivity contribution in [3.63, 3.8) is 0 Å². The second-order valence-corrected chi connectivity index (χ2v) is 14.4. The topological polar surface area (TPSA) is 126 Å². The maximum atomic E-state index is 11.8. The minimum Gasteiger partial charge on any atom is -0.466 e. The van der Waals surface area contributed by atoms with Gasteiger partial charge in [-0.15, -0.1) is 0 Å². The smallest absolute Gasteiger partial charge is 0.311 e. The van der Waals surface area contributed by atoms with Gasteiger partial charge in [0.1, 0.15) is 6.42 Å². The predicted octanol–water partition coefficient (Wildman–Crippen LogP) is 7.47. The molecule has 258 valence electrons. The second kappa shape index (κ2) is 19.2. The van der Waals surface area contributed by atoms with E-state index in [0.29, 0.717) is 6.61 Å². The quantitative estimate of drug-likeness (QED) is 0.0522. The monoisotopic (exact) mass is 626 g/mol. The molecule has 12 nitrogen and oxygen atoms in total. The molecule has 43 heavy (non-hydrogen) atoms. The van der Waals surface area contributed by atoms with Crippen LogP contribution >= 0.6 is 0 Å². The first-order valence-corrected chi connectivity index (χ1v) is 15.0. The Hall–Kier alpha value is -1.38. The van der Waals surface area contributed by atoms with Gasteiger partial charge in [0.15, 0.2) is 0 Å². The molecule has 0 aliphatic rings. The Kier molecular flexibility index (Phi) is 19.5. The van der Waals surface area contributed by atoms with E-state index in [-0.39, 0.29) is 31.8 Å². The highest BCUT2D eigenvalue weighted by molar-refractivity contribution is 5.70. The number of unbranched alkanes of at least 4 members (excludes halogenated alkanes) is 1. The van der Waals surface area contributed by atoms with Crippen LogP contribution in [0, 0.1) is 0 Å². The van der Waals surface area contributed by atoms with Crippen LogP contribution in [-0.2, 0) is 58.2 Å². The third-order valence-electron chi connectivity index (χ3n) is 4.19. The molecule has 0 amide bonds. The number of rotatable bonds is 17. The van der Waals surface area contributed by atoms with E-state index >= 15 is 0 Å². The van der Waals surface area contributed by atoms with Crippen LogP contribution in [0.2, 0.25) is 0 Å². The van der Waals surface area contributed by atoms with Gasteiger partial charge in [0.25, 0.3) is 0 Å². The average Bonchev–Trinajstić information content (AvgIpc) is 2.82. The van der Waals surface area contributed by atoms with E-state index in [1.54, 1.807) is 20.8 Å². The molecule has 0 aliphatic heterocycles. The van der Waals surface area contributed by atoms with Crippen molar-refractivity contribution in [1.29, 1.82) is 0 Å². The summed E-state index contributed by atoms with van der Waals surface area (Å²) in [5.41, 5.74) is -2.09. The molecule has 0 rings (SSSR count). The molecule has 0 aromatic carbocycles. The molecule has 0 unspecified atom stereocenters. The van der Waals surface area contributed by atoms with Crippen molar-refractivity contribution >= 4 is 11.9 Å². The van der Waals surface area contributed by atoms with Crippen molar-refractivity contribution in [2.24, 2.45) is 0 Å². The van der Waals surface area contributed by atoms with Gasteiger partial charge in [-0.3, -0.25) is 9.59 Å². The standard InChI is InChI=1S/C17H34O6.C14H28O6/c1-9-10-13-19-14(18)11-12-17(8,22-20-15(2,3)4)23-21-16(5,6)7;1-9-16-11(15)10-14(8,19-17-12(2,3)4)20-18-13(5,6)7/h9-13H2,1-8H3;9-10H2,1-8H3. The Balaban J connectivity index is 0. The second-order valence-electron chi connectivity index (χ2n) is 14.4. The molecule has 0 spiro atoms. The fourth-order valence-corrected chi connectivity index (χ4v) is 2.23. The SMILES string of the molecule is CCCCOC(=O)CCC(C)(OOC(C)(C)C)OOC(C)(C)C.CCOC(=O)CC(C)(OOC(C)(C)C)OOC(C)(C)C. The van der Waals surface area contributed by atoms with Crippen LogP contribution in [0.5, 0.6) is 0 Å². The summed E-state index contributed by atoms with van der Waals surface area (Å²) in [5, 5.41) is 0. The lowest BCUT2D eigenvalue weighted by Gasteiger charge is -2.32. The third kappa shape index (κ3) is 29.1. The highest BCUT2D eigenvalue weighted by Gasteiger charge is 2.37. The van der Waals surface area contributed by atoms with Crippen LogP contribution in [-0.4, -0.2) is 59.1 Å². The first-order valence-electron chi connectivity index (χ1n) is 15.0. The van der Waals surface area contributed by atoms with E-state index in [0.717, 1.165) is 12.8 Å². The molecule has 0 atom stereocenters. The maximum absolute atomic E-state index is 11.8. The van der Waals surface area contributed by atoms with Gasteiger partial charge in [-0.2, -0.15) is 19.6 Å². The van der Waals surface area contributed by atoms with Crippen LogP contribution in [0.3, 0.4) is 0 Å². The third-order valence-corrected chi connectivity index (χ3v) is 4.19. The Morgan fingerprint density at radius 3 is 1.19 bits per heavy atom. The highest BCUT2D eigenvalue weighted by Crippen LogP contribution is 2.27. The zero-order valence-corrected chi connectivity index (χ0v) is 29.8. The van der Waals surface area contributed by atoms with E-state index < -0.39 is 39.9 Å². The summed E-state index contributed by atoms with van der Waals surface area (Å²) in [6.45, 7) is 29.8. The van der Waals surface area contributed by atoms with Gasteiger partial charge in [0.05, 0.1) is 42.0 Å². The van der Waals surface area contributed by atoms with Crippen LogP contribution < -0.4 is 0 Å². The summed E-state index contributed by atoms with van der Waals surface area (Å²) in [6.07, 6.45) is 2.10. The number of hydrogen-bond donors (Lipinski definition) is 0. The van der Waals surface area contributed by atoms with E-state index in [1.165, 1.54) is 0 Å². The molecular weight excluding hydrogens is 564 g/mol. The molecule has 0 bridgehead atoms. The van der Waals surface area contributed by atoms with E-state index in [2.05, 4.69) is 0 Å². The lowest BCUT2D eigenvalue weighted by molar-refractivity contribution is -0.537. The molecule has 0 aromatic rings. The first kappa shape index (κ1) is 43.7. The van der Waals surface area contributed by atoms with Crippen molar-refractivity contribution in [3.8, 4) is 0 Å². The molecule has 0 fully saturated rings. The van der Waals surface area contributed by atoms with Crippen LogP contribution in [0.4, 0.5) is 0 Å². The number of hydrogen-bond acceptors (Lipinski definition) is 12. The molecule has 12 heteroatoms. The van der Waals surface area contributed by atoms with Gasteiger partial charge in [0.2, 0.25) is 11.6 Å². The fraction of sp³-hybridized carbons (Fsp3) is 0.935. The summed E-state index contributed by atoms with van der Waals surface area (Å²) in [5.74, 6) is -3.33. The Labute approximate surface area is 260 Å². The van der Waals surface area contributed by atoms with Crippen LogP contribution in [0.15, 0.2) is 0 Å². The van der Waals surface area contributed by atoms with Gasteiger partial charge in [0, 0.05) is 6.42 Å². The first-order chi connectivity index (χ1) is 19.2. The normalized spacial score (nSPS) is 13.3. The summed E-state index contributed by atoms with van der Waals surface area (Å²) < 4.78 is 10.0. The van der Waals surface area contributed by atoms with Crippen molar-refractivity contribution in [2.45, 2.75) is 177 Å². The molecule has 0 heterocycles. The van der Waals surface area contributed by atoms with Gasteiger partial charge >= 0.3 is 11.9 Å². The molecule has 0 aliphatic carbocycles. The zero-order chi connectivity index (χ0) is 34.2. The maximum Gasteiger partial charge on any atom is 0.311 e. The number of ether oxygens (including phenoxy) is 2. The van der Waals surface area contributed by atoms with E-state index in [1.807, 2.05) is 90.0 Å². The summed E-state index contributed by atoms with van der Waals surface area (Å²) in [4.78, 5) is 65.8. The molecule has 0 saturated heterocycles. The molecule has 0 aromatic heterocycles. The molecule has 0 saturated carbocycles. The number of carbonyl (C=O) groups is 2. The summed E-state index contributed by atoms with van der Waals surface area (Å²) in [7, 11) is 0. The Bertz CT molecular complexity index is 734. The lowest BCUT2D eigenvalue weighted by Crippen LogP contribution is -2.40. The fourth-order valence-electron chi connectivity index (χ4n) is 2.23. The van der Waals surface area contributed by atoms with Crippen LogP contribution in [0.25, 0.3) is 0 Å². The molecular formula is C31H62O12. The highest BCUT2D eigenvalue weighted by atomic mass is 17.3. The van der Waals surface area contributed by atoms with Crippen molar-refractivity contribution in [2.75, 3.05) is 13.2 Å². The largest absolute Gasteiger partial charge is 0.466 e. The minimum atomic E-state index is -1.38. The van der Waals surface area contributed by atoms with Crippen molar-refractivity contribution in [1.82, 2.24) is 0 Å². The zero-order valence-electron chi connectivity index (χ0n) is 29.8. The molecule has 0 radical (unpaired) electrons. The van der Waals surface area contributed by atoms with Crippen molar-refractivity contribution < 1.29 is 58.2 Å². The van der Waals surface area contributed by atoms with Crippen LogP contribution in [0.1, 0.15) is 143 Å². The molecule has 0 N–H and O–H groups in total. The predicted molar refractivity (Wildman–Crippen MR) is 161 cm³/mol. The Morgan fingerprint density at radius 2 is 0.860 bits per heavy atom. The summed E-state index contributed by atoms with van der Waals surface area (Å²) >= 11 is 0. The van der Waals surface area contributed by atoms with Gasteiger partial charge in [-0.05, 0) is 110 Å². The van der Waals surface area contributed by atoms with E-state index in [4.69, 9.17) is 48.6 Å². The van der Waals surface area contributed by atoms with Gasteiger partial charge in [-0.25, -0.2) is 19.6 Å². The van der Waals surface area contributed by atoms with Gasteiger partial charge < -0.3 is 9.47 Å². The number of esters is 2. The van der Waals surface area contributed by atoms with Crippen molar-refractivity contribution in [3.05, 3.63) is 0 Å².